The van der Waals surface area contributed by atoms with E-state index in [-0.39, 0.29) is 23.1 Å². The molecular formula is C23H30N2O5S. The number of likely N-dealkylation sites (tertiary alicyclic amines) is 1. The van der Waals surface area contributed by atoms with Crippen molar-refractivity contribution in [1.82, 2.24) is 9.62 Å². The smallest absolute Gasteiger partial charge is 0.240 e. The lowest BCUT2D eigenvalue weighted by Crippen LogP contribution is -2.44. The fourth-order valence-corrected chi connectivity index (χ4v) is 4.88. The lowest BCUT2D eigenvalue weighted by molar-refractivity contribution is -0.132. The van der Waals surface area contributed by atoms with Gasteiger partial charge in [-0.3, -0.25) is 4.79 Å². The molecule has 0 radical (unpaired) electrons. The molecule has 1 aliphatic heterocycles. The Kier molecular flexibility index (Phi) is 7.56. The highest BCUT2D eigenvalue weighted by molar-refractivity contribution is 7.89. The van der Waals surface area contributed by atoms with Gasteiger partial charge in [0.25, 0.3) is 0 Å². The molecule has 2 aromatic carbocycles. The van der Waals surface area contributed by atoms with Gasteiger partial charge in [-0.2, -0.15) is 0 Å². The average Bonchev–Trinajstić information content (AvgIpc) is 2.78. The molecule has 0 spiro atoms. The summed E-state index contributed by atoms with van der Waals surface area (Å²) >= 11 is 0. The summed E-state index contributed by atoms with van der Waals surface area (Å²) in [4.78, 5) is 14.9. The van der Waals surface area contributed by atoms with Gasteiger partial charge >= 0.3 is 0 Å². The van der Waals surface area contributed by atoms with Crippen LogP contribution in [0.1, 0.15) is 24.0 Å². The standard InChI is InChI=1S/C23H30N2O5S/c1-17-6-9-20(10-7-17)31(27,28)24-15-19-5-4-12-25(16-19)23(26)14-18-8-11-21(29-2)22(13-18)30-3/h6-11,13,19,24H,4-5,12,14-16H2,1-3H3. The highest BCUT2D eigenvalue weighted by Gasteiger charge is 2.25. The van der Waals surface area contributed by atoms with E-state index in [0.29, 0.717) is 31.1 Å². The monoisotopic (exact) mass is 446 g/mol. The van der Waals surface area contributed by atoms with Gasteiger partial charge in [0.2, 0.25) is 15.9 Å². The summed E-state index contributed by atoms with van der Waals surface area (Å²) in [6.45, 7) is 3.46. The van der Waals surface area contributed by atoms with E-state index in [4.69, 9.17) is 9.47 Å². The van der Waals surface area contributed by atoms with Crippen LogP contribution in [0.2, 0.25) is 0 Å². The maximum atomic E-state index is 12.8. The number of aryl methyl sites for hydroxylation is 1. The third-order valence-electron chi connectivity index (χ3n) is 5.57. The molecule has 0 saturated carbocycles. The minimum Gasteiger partial charge on any atom is -0.493 e. The minimum absolute atomic E-state index is 0.0262. The molecule has 3 rings (SSSR count). The van der Waals surface area contributed by atoms with Gasteiger partial charge in [0.05, 0.1) is 25.5 Å². The number of methoxy groups -OCH3 is 2. The van der Waals surface area contributed by atoms with Crippen LogP contribution in [0, 0.1) is 12.8 Å². The van der Waals surface area contributed by atoms with Crippen molar-refractivity contribution in [3.63, 3.8) is 0 Å². The first kappa shape index (κ1) is 23.1. The summed E-state index contributed by atoms with van der Waals surface area (Å²) in [7, 11) is -0.417. The molecule has 0 bridgehead atoms. The van der Waals surface area contributed by atoms with E-state index in [9.17, 15) is 13.2 Å². The second kappa shape index (κ2) is 10.2. The van der Waals surface area contributed by atoms with Crippen molar-refractivity contribution in [2.45, 2.75) is 31.1 Å². The Hall–Kier alpha value is -2.58. The third kappa shape index (κ3) is 5.98. The number of carbonyl (C=O) groups is 1. The molecule has 0 aromatic heterocycles. The Morgan fingerprint density at radius 3 is 2.48 bits per heavy atom. The molecule has 1 heterocycles. The lowest BCUT2D eigenvalue weighted by atomic mass is 9.97. The summed E-state index contributed by atoms with van der Waals surface area (Å²) in [5.41, 5.74) is 1.86. The Balaban J connectivity index is 1.57. The largest absolute Gasteiger partial charge is 0.493 e. The zero-order valence-electron chi connectivity index (χ0n) is 18.3. The second-order valence-corrected chi connectivity index (χ2v) is 9.65. The molecule has 1 N–H and O–H groups in total. The summed E-state index contributed by atoms with van der Waals surface area (Å²) in [5, 5.41) is 0. The van der Waals surface area contributed by atoms with Gasteiger partial charge in [0.15, 0.2) is 11.5 Å². The van der Waals surface area contributed by atoms with Gasteiger partial charge in [-0.15, -0.1) is 0 Å². The van der Waals surface area contributed by atoms with Gasteiger partial charge in [-0.05, 0) is 55.5 Å². The van der Waals surface area contributed by atoms with Crippen LogP contribution in [0.15, 0.2) is 47.4 Å². The number of benzene rings is 2. The van der Waals surface area contributed by atoms with Crippen molar-refractivity contribution in [2.75, 3.05) is 33.9 Å². The molecular weight excluding hydrogens is 416 g/mol. The van der Waals surface area contributed by atoms with E-state index >= 15 is 0 Å². The van der Waals surface area contributed by atoms with Crippen LogP contribution >= 0.6 is 0 Å². The number of piperidine rings is 1. The highest BCUT2D eigenvalue weighted by Crippen LogP contribution is 2.28. The third-order valence-corrected chi connectivity index (χ3v) is 7.01. The number of hydrogen-bond donors (Lipinski definition) is 1. The fourth-order valence-electron chi connectivity index (χ4n) is 3.76. The molecule has 7 nitrogen and oxygen atoms in total. The Labute approximate surface area is 184 Å². The minimum atomic E-state index is -3.56. The van der Waals surface area contributed by atoms with Crippen LogP contribution in [0.3, 0.4) is 0 Å². The van der Waals surface area contributed by atoms with E-state index in [1.165, 1.54) is 0 Å². The first-order valence-electron chi connectivity index (χ1n) is 10.4. The predicted molar refractivity (Wildman–Crippen MR) is 119 cm³/mol. The molecule has 31 heavy (non-hydrogen) atoms. The average molecular weight is 447 g/mol. The fraction of sp³-hybridized carbons (Fsp3) is 0.435. The van der Waals surface area contributed by atoms with Crippen molar-refractivity contribution in [1.29, 1.82) is 0 Å². The van der Waals surface area contributed by atoms with Crippen LogP contribution in [0.4, 0.5) is 0 Å². The summed E-state index contributed by atoms with van der Waals surface area (Å²) in [6, 6.07) is 12.2. The van der Waals surface area contributed by atoms with Gasteiger partial charge in [0.1, 0.15) is 0 Å². The molecule has 1 saturated heterocycles. The summed E-state index contributed by atoms with van der Waals surface area (Å²) < 4.78 is 38.3. The van der Waals surface area contributed by atoms with Gasteiger partial charge in [0, 0.05) is 19.6 Å². The van der Waals surface area contributed by atoms with Crippen molar-refractivity contribution < 1.29 is 22.7 Å². The molecule has 1 unspecified atom stereocenters. The van der Waals surface area contributed by atoms with Gasteiger partial charge in [-0.25, -0.2) is 13.1 Å². The molecule has 168 valence electrons. The van der Waals surface area contributed by atoms with Crippen molar-refractivity contribution in [2.24, 2.45) is 5.92 Å². The highest BCUT2D eigenvalue weighted by atomic mass is 32.2. The quantitative estimate of drug-likeness (QED) is 0.674. The van der Waals surface area contributed by atoms with Crippen molar-refractivity contribution in [3.8, 4) is 11.5 Å². The van der Waals surface area contributed by atoms with E-state index in [1.54, 1.807) is 44.6 Å². The molecule has 2 aromatic rings. The molecule has 1 aliphatic rings. The van der Waals surface area contributed by atoms with E-state index in [2.05, 4.69) is 4.72 Å². The number of hydrogen-bond acceptors (Lipinski definition) is 5. The van der Waals surface area contributed by atoms with E-state index in [0.717, 1.165) is 24.0 Å². The number of carbonyl (C=O) groups excluding carboxylic acids is 1. The maximum Gasteiger partial charge on any atom is 0.240 e. The Bertz CT molecular complexity index is 1010. The topological polar surface area (TPSA) is 84.9 Å². The number of sulfonamides is 1. The van der Waals surface area contributed by atoms with Crippen LogP contribution in [-0.2, 0) is 21.2 Å². The van der Waals surface area contributed by atoms with Crippen molar-refractivity contribution in [3.05, 3.63) is 53.6 Å². The first-order valence-corrected chi connectivity index (χ1v) is 11.9. The zero-order chi connectivity index (χ0) is 22.4. The number of amides is 1. The normalized spacial score (nSPS) is 16.7. The van der Waals surface area contributed by atoms with Gasteiger partial charge < -0.3 is 14.4 Å². The Morgan fingerprint density at radius 2 is 1.81 bits per heavy atom. The van der Waals surface area contributed by atoms with Crippen LogP contribution in [0.5, 0.6) is 11.5 Å². The molecule has 8 heteroatoms. The second-order valence-electron chi connectivity index (χ2n) is 7.88. The van der Waals surface area contributed by atoms with Gasteiger partial charge in [-0.1, -0.05) is 23.8 Å². The maximum absolute atomic E-state index is 12.8. The number of nitrogens with one attached hydrogen (secondary N) is 1. The first-order chi connectivity index (χ1) is 14.8. The molecule has 1 fully saturated rings. The van der Waals surface area contributed by atoms with E-state index < -0.39 is 10.0 Å². The van der Waals surface area contributed by atoms with Crippen LogP contribution in [0.25, 0.3) is 0 Å². The molecule has 1 atom stereocenters. The summed E-state index contributed by atoms with van der Waals surface area (Å²) in [6.07, 6.45) is 2.01. The molecule has 1 amide bonds. The zero-order valence-corrected chi connectivity index (χ0v) is 19.1. The number of nitrogens with zero attached hydrogens (tertiary/aromatic N) is 1. The number of ether oxygens (including phenoxy) is 2. The van der Waals surface area contributed by atoms with Crippen LogP contribution in [-0.4, -0.2) is 53.1 Å². The molecule has 0 aliphatic carbocycles. The van der Waals surface area contributed by atoms with E-state index in [1.807, 2.05) is 24.0 Å². The SMILES string of the molecule is COc1ccc(CC(=O)N2CCCC(CNS(=O)(=O)c3ccc(C)cc3)C2)cc1OC. The summed E-state index contributed by atoms with van der Waals surface area (Å²) in [5.74, 6) is 1.33. The number of rotatable bonds is 8. The lowest BCUT2D eigenvalue weighted by Gasteiger charge is -2.33. The predicted octanol–water partition coefficient (Wildman–Crippen LogP) is 2.77. The van der Waals surface area contributed by atoms with Crippen LogP contribution < -0.4 is 14.2 Å². The van der Waals surface area contributed by atoms with Crippen molar-refractivity contribution >= 4 is 15.9 Å². The Morgan fingerprint density at radius 1 is 1.10 bits per heavy atom.